The summed E-state index contributed by atoms with van der Waals surface area (Å²) in [4.78, 5) is 24.2. The highest BCUT2D eigenvalue weighted by atomic mass is 32.2. The Bertz CT molecular complexity index is 1540. The highest BCUT2D eigenvalue weighted by Gasteiger charge is 2.23. The number of aromatic nitrogens is 4. The molecular formula is C25H28N6O5S. The van der Waals surface area contributed by atoms with Gasteiger partial charge in [-0.1, -0.05) is 29.8 Å². The Morgan fingerprint density at radius 1 is 1.14 bits per heavy atom. The van der Waals surface area contributed by atoms with Crippen LogP contribution in [0.4, 0.5) is 5.82 Å². The number of hydrogen-bond donors (Lipinski definition) is 1. The van der Waals surface area contributed by atoms with Crippen molar-refractivity contribution in [2.75, 3.05) is 49.8 Å². The number of nitrogens with zero attached hydrogens (tertiary/aromatic N) is 5. The number of aryl methyl sites for hydroxylation is 1. The van der Waals surface area contributed by atoms with Gasteiger partial charge in [-0.2, -0.15) is 10.1 Å². The maximum atomic E-state index is 12.7. The van der Waals surface area contributed by atoms with Gasteiger partial charge in [0.15, 0.2) is 17.2 Å². The van der Waals surface area contributed by atoms with Crippen LogP contribution in [0.15, 0.2) is 47.1 Å². The van der Waals surface area contributed by atoms with Crippen LogP contribution in [-0.4, -0.2) is 78.9 Å². The fraction of sp³-hybridized carbons (Fsp3) is 0.360. The number of nitrogens with one attached hydrogen (secondary N) is 1. The molecule has 37 heavy (non-hydrogen) atoms. The van der Waals surface area contributed by atoms with E-state index in [1.54, 1.807) is 16.9 Å². The zero-order valence-electron chi connectivity index (χ0n) is 20.7. The Hall–Kier alpha value is -3.77. The van der Waals surface area contributed by atoms with Crippen LogP contribution in [0.1, 0.15) is 22.5 Å². The summed E-state index contributed by atoms with van der Waals surface area (Å²) < 4.78 is 35.7. The van der Waals surface area contributed by atoms with E-state index in [0.29, 0.717) is 55.6 Å². The molecule has 0 radical (unpaired) electrons. The van der Waals surface area contributed by atoms with Gasteiger partial charge < -0.3 is 19.4 Å². The highest BCUT2D eigenvalue weighted by Crippen LogP contribution is 2.29. The number of ether oxygens (including phenoxy) is 1. The molecule has 0 aliphatic carbocycles. The summed E-state index contributed by atoms with van der Waals surface area (Å²) in [5, 5.41) is 7.19. The van der Waals surface area contributed by atoms with E-state index < -0.39 is 15.7 Å². The average molecular weight is 525 g/mol. The normalized spacial score (nSPS) is 14.3. The quantitative estimate of drug-likeness (QED) is 0.345. The van der Waals surface area contributed by atoms with E-state index in [9.17, 15) is 13.2 Å². The number of morpholine rings is 1. The summed E-state index contributed by atoms with van der Waals surface area (Å²) in [5.41, 5.74) is 4.00. The smallest absolute Gasteiger partial charge is 0.287 e. The molecular weight excluding hydrogens is 496 g/mol. The molecule has 0 spiro atoms. The molecule has 1 aliphatic heterocycles. The second-order valence-corrected chi connectivity index (χ2v) is 11.3. The molecule has 1 aliphatic rings. The van der Waals surface area contributed by atoms with E-state index in [0.717, 1.165) is 16.7 Å². The maximum Gasteiger partial charge on any atom is 0.287 e. The molecule has 4 aromatic rings. The number of fused-ring (bicyclic) bond motifs is 1. The van der Waals surface area contributed by atoms with E-state index in [1.807, 2.05) is 36.2 Å². The zero-order valence-corrected chi connectivity index (χ0v) is 21.5. The second kappa shape index (κ2) is 10.3. The predicted molar refractivity (Wildman–Crippen MR) is 139 cm³/mol. The summed E-state index contributed by atoms with van der Waals surface area (Å²) in [5.74, 6) is 0.552. The van der Waals surface area contributed by atoms with Crippen molar-refractivity contribution in [2.24, 2.45) is 0 Å². The molecule has 12 heteroatoms. The van der Waals surface area contributed by atoms with Crippen molar-refractivity contribution in [1.82, 2.24) is 25.1 Å². The van der Waals surface area contributed by atoms with Crippen LogP contribution in [0, 0.1) is 6.92 Å². The first-order chi connectivity index (χ1) is 17.8. The molecule has 194 valence electrons. The predicted octanol–water partition coefficient (Wildman–Crippen LogP) is 2.39. The van der Waals surface area contributed by atoms with Crippen molar-refractivity contribution in [1.29, 1.82) is 0 Å². The van der Waals surface area contributed by atoms with Gasteiger partial charge in [-0.15, -0.1) is 0 Å². The first-order valence-corrected chi connectivity index (χ1v) is 14.1. The highest BCUT2D eigenvalue weighted by molar-refractivity contribution is 7.90. The fourth-order valence-corrected chi connectivity index (χ4v) is 4.80. The number of sulfone groups is 1. The summed E-state index contributed by atoms with van der Waals surface area (Å²) >= 11 is 0. The van der Waals surface area contributed by atoms with Gasteiger partial charge in [0.25, 0.3) is 11.9 Å². The molecule has 0 bridgehead atoms. The van der Waals surface area contributed by atoms with Crippen molar-refractivity contribution in [2.45, 2.75) is 13.3 Å². The third-order valence-corrected chi connectivity index (χ3v) is 7.02. The van der Waals surface area contributed by atoms with Crippen LogP contribution in [0.3, 0.4) is 0 Å². The van der Waals surface area contributed by atoms with Gasteiger partial charge in [0, 0.05) is 43.7 Å². The molecule has 0 atom stereocenters. The number of carbonyl (C=O) groups is 1. The number of furan rings is 1. The Labute approximate surface area is 214 Å². The third-order valence-electron chi connectivity index (χ3n) is 5.99. The van der Waals surface area contributed by atoms with Gasteiger partial charge in [0.05, 0.1) is 25.2 Å². The van der Waals surface area contributed by atoms with Crippen LogP contribution in [0.5, 0.6) is 0 Å². The number of hydrogen-bond acceptors (Lipinski definition) is 9. The van der Waals surface area contributed by atoms with Crippen molar-refractivity contribution in [3.63, 3.8) is 0 Å². The molecule has 0 unspecified atom stereocenters. The minimum Gasteiger partial charge on any atom is -0.445 e. The summed E-state index contributed by atoms with van der Waals surface area (Å²) in [6.45, 7) is 4.59. The number of rotatable bonds is 8. The van der Waals surface area contributed by atoms with Gasteiger partial charge in [0.2, 0.25) is 0 Å². The molecule has 0 saturated carbocycles. The Morgan fingerprint density at radius 2 is 1.95 bits per heavy atom. The molecule has 1 fully saturated rings. The summed E-state index contributed by atoms with van der Waals surface area (Å²) in [6, 6.07) is 9.72. The Morgan fingerprint density at radius 3 is 2.70 bits per heavy atom. The first-order valence-electron chi connectivity index (χ1n) is 12.0. The van der Waals surface area contributed by atoms with Crippen LogP contribution < -0.4 is 10.2 Å². The lowest BCUT2D eigenvalue weighted by Crippen LogP contribution is -2.37. The lowest BCUT2D eigenvalue weighted by atomic mass is 10.1. The minimum atomic E-state index is -3.09. The van der Waals surface area contributed by atoms with Crippen LogP contribution >= 0.6 is 0 Å². The van der Waals surface area contributed by atoms with E-state index in [4.69, 9.17) is 14.1 Å². The maximum absolute atomic E-state index is 12.7. The van der Waals surface area contributed by atoms with Crippen molar-refractivity contribution < 1.29 is 22.4 Å². The van der Waals surface area contributed by atoms with Crippen molar-refractivity contribution in [3.05, 3.63) is 54.0 Å². The van der Waals surface area contributed by atoms with E-state index >= 15 is 0 Å². The largest absolute Gasteiger partial charge is 0.445 e. The Balaban J connectivity index is 1.47. The van der Waals surface area contributed by atoms with Crippen LogP contribution in [0.25, 0.3) is 28.2 Å². The molecule has 5 rings (SSSR count). The standard InChI is InChI=1S/C25H28N6O5S/c1-17-5-3-6-18(13-17)19-15-27-31(16-19)25-28-20-14-21(24(32)26-7-4-12-37(2,33)34)36-22(20)23(29-25)30-8-10-35-11-9-30/h3,5-6,13-16H,4,7-12H2,1-2H3,(H,26,32). The zero-order chi connectivity index (χ0) is 26.0. The van der Waals surface area contributed by atoms with E-state index in [2.05, 4.69) is 21.5 Å². The topological polar surface area (TPSA) is 132 Å². The second-order valence-electron chi connectivity index (χ2n) is 9.05. The molecule has 1 amide bonds. The molecule has 1 N–H and O–H groups in total. The van der Waals surface area contributed by atoms with Gasteiger partial charge >= 0.3 is 0 Å². The lowest BCUT2D eigenvalue weighted by Gasteiger charge is -2.27. The van der Waals surface area contributed by atoms with Crippen LogP contribution in [-0.2, 0) is 14.6 Å². The fourth-order valence-electron chi connectivity index (χ4n) is 4.14. The molecule has 1 aromatic carbocycles. The van der Waals surface area contributed by atoms with E-state index in [-0.39, 0.29) is 18.1 Å². The number of amides is 1. The van der Waals surface area contributed by atoms with E-state index in [1.165, 1.54) is 6.26 Å². The molecule has 1 saturated heterocycles. The van der Waals surface area contributed by atoms with Gasteiger partial charge in [-0.3, -0.25) is 4.79 Å². The number of carbonyl (C=O) groups excluding carboxylic acids is 1. The average Bonchev–Trinajstić information content (AvgIpc) is 3.54. The molecule has 3 aromatic heterocycles. The number of benzene rings is 1. The first kappa shape index (κ1) is 24.9. The minimum absolute atomic E-state index is 0.00215. The lowest BCUT2D eigenvalue weighted by molar-refractivity contribution is 0.0928. The van der Waals surface area contributed by atoms with Gasteiger partial charge in [-0.05, 0) is 18.9 Å². The summed E-state index contributed by atoms with van der Waals surface area (Å²) in [7, 11) is -3.09. The van der Waals surface area contributed by atoms with Gasteiger partial charge in [-0.25, -0.2) is 18.1 Å². The monoisotopic (exact) mass is 524 g/mol. The van der Waals surface area contributed by atoms with Crippen molar-refractivity contribution in [3.8, 4) is 17.1 Å². The molecule has 4 heterocycles. The number of anilines is 1. The Kier molecular flexibility index (Phi) is 6.94. The van der Waals surface area contributed by atoms with Gasteiger partial charge in [0.1, 0.15) is 15.4 Å². The van der Waals surface area contributed by atoms with Crippen molar-refractivity contribution >= 4 is 32.7 Å². The SMILES string of the molecule is Cc1cccc(-c2cnn(-c3nc(N4CCOCC4)c4oc(C(=O)NCCCS(C)(=O)=O)cc4n3)c2)c1. The third kappa shape index (κ3) is 5.81. The molecule has 11 nitrogen and oxygen atoms in total. The van der Waals surface area contributed by atoms with Crippen LogP contribution in [0.2, 0.25) is 0 Å². The summed E-state index contributed by atoms with van der Waals surface area (Å²) in [6.07, 6.45) is 5.12.